The lowest BCUT2D eigenvalue weighted by atomic mass is 9.93. The molecule has 0 spiro atoms. The average molecular weight is 575 g/mol. The summed E-state index contributed by atoms with van der Waals surface area (Å²) < 4.78 is 0. The van der Waals surface area contributed by atoms with Crippen LogP contribution in [0.25, 0.3) is 0 Å². The van der Waals surface area contributed by atoms with Crippen molar-refractivity contribution in [1.82, 2.24) is 25.1 Å². The van der Waals surface area contributed by atoms with Crippen LogP contribution in [0.1, 0.15) is 52.8 Å². The van der Waals surface area contributed by atoms with Crippen molar-refractivity contribution in [3.8, 4) is 0 Å². The summed E-state index contributed by atoms with van der Waals surface area (Å²) in [4.78, 5) is 65.3. The van der Waals surface area contributed by atoms with E-state index in [-0.39, 0.29) is 11.6 Å². The van der Waals surface area contributed by atoms with Gasteiger partial charge in [0.05, 0.1) is 16.1 Å². The third-order valence-electron chi connectivity index (χ3n) is 8.86. The molecule has 0 bridgehead atoms. The Hall–Kier alpha value is -4.39. The van der Waals surface area contributed by atoms with Crippen LogP contribution >= 0.6 is 0 Å². The second-order valence-electron chi connectivity index (χ2n) is 11.4. The molecule has 3 saturated heterocycles. The molecule has 2 aromatic rings. The van der Waals surface area contributed by atoms with Crippen LogP contribution in [0.4, 0.5) is 17.3 Å². The van der Waals surface area contributed by atoms with Crippen molar-refractivity contribution in [2.24, 2.45) is 5.92 Å². The Labute approximate surface area is 243 Å². The van der Waals surface area contributed by atoms with Crippen LogP contribution in [0.2, 0.25) is 0 Å². The number of benzene rings is 1. The van der Waals surface area contributed by atoms with Crippen LogP contribution in [0.15, 0.2) is 42.9 Å². The van der Waals surface area contributed by atoms with E-state index in [0.717, 1.165) is 75.7 Å². The van der Waals surface area contributed by atoms with Crippen LogP contribution in [0.5, 0.6) is 0 Å². The number of nitrogens with one attached hydrogen (secondary N) is 1. The Kier molecular flexibility index (Phi) is 7.58. The summed E-state index contributed by atoms with van der Waals surface area (Å²) in [5.74, 6) is -0.0169. The summed E-state index contributed by atoms with van der Waals surface area (Å²) in [6, 6.07) is 4.60. The number of allylic oxidation sites excluding steroid dienone is 1. The molecule has 3 amide bonds. The first-order chi connectivity index (χ1) is 20.3. The van der Waals surface area contributed by atoms with Gasteiger partial charge >= 0.3 is 5.69 Å². The SMILES string of the molecule is C=C1CCC(N2C(=O)c3ccc(N4CCN(CCC5CCN(c6ncc([N+](=O)[O-])cn6)CC5)CC4)cc3C2=O)C(=O)N1. The number of imide groups is 1. The lowest BCUT2D eigenvalue weighted by Gasteiger charge is -2.37. The summed E-state index contributed by atoms with van der Waals surface area (Å²) in [5.41, 5.74) is 2.14. The zero-order chi connectivity index (χ0) is 29.4. The number of aromatic nitrogens is 2. The molecule has 6 rings (SSSR count). The number of piperidine rings is 2. The first-order valence-electron chi connectivity index (χ1n) is 14.5. The van der Waals surface area contributed by atoms with E-state index in [1.54, 1.807) is 12.1 Å². The van der Waals surface area contributed by atoms with Crippen molar-refractivity contribution >= 4 is 35.0 Å². The first-order valence-corrected chi connectivity index (χ1v) is 14.5. The number of rotatable bonds is 7. The molecule has 4 aliphatic rings. The van der Waals surface area contributed by atoms with Gasteiger partial charge in [-0.2, -0.15) is 0 Å². The minimum atomic E-state index is -0.808. The lowest BCUT2D eigenvalue weighted by Crippen LogP contribution is -2.51. The summed E-state index contributed by atoms with van der Waals surface area (Å²) in [7, 11) is 0. The molecule has 220 valence electrons. The van der Waals surface area contributed by atoms with Crippen molar-refractivity contribution < 1.29 is 19.3 Å². The summed E-state index contributed by atoms with van der Waals surface area (Å²) in [5, 5.41) is 13.5. The third kappa shape index (κ3) is 5.43. The van der Waals surface area contributed by atoms with Gasteiger partial charge in [0.2, 0.25) is 11.9 Å². The highest BCUT2D eigenvalue weighted by Crippen LogP contribution is 2.32. The van der Waals surface area contributed by atoms with E-state index in [2.05, 4.69) is 36.6 Å². The normalized spacial score (nSPS) is 22.0. The van der Waals surface area contributed by atoms with Gasteiger partial charge in [-0.3, -0.25) is 34.3 Å². The van der Waals surface area contributed by atoms with Crippen molar-refractivity contribution in [3.63, 3.8) is 0 Å². The van der Waals surface area contributed by atoms with Gasteiger partial charge < -0.3 is 15.1 Å². The average Bonchev–Trinajstić information content (AvgIpc) is 3.25. The summed E-state index contributed by atoms with van der Waals surface area (Å²) >= 11 is 0. The molecule has 0 saturated carbocycles. The zero-order valence-corrected chi connectivity index (χ0v) is 23.4. The minimum Gasteiger partial charge on any atom is -0.369 e. The summed E-state index contributed by atoms with van der Waals surface area (Å²) in [6.45, 7) is 9.96. The maximum Gasteiger partial charge on any atom is 0.305 e. The molecule has 42 heavy (non-hydrogen) atoms. The van der Waals surface area contributed by atoms with E-state index in [1.165, 1.54) is 12.4 Å². The van der Waals surface area contributed by atoms with Gasteiger partial charge in [-0.1, -0.05) is 6.58 Å². The number of fused-ring (bicyclic) bond motifs is 1. The Balaban J connectivity index is 0.977. The van der Waals surface area contributed by atoms with Crippen LogP contribution in [-0.4, -0.2) is 94.3 Å². The van der Waals surface area contributed by atoms with Crippen molar-refractivity contribution in [2.45, 2.75) is 38.1 Å². The topological polar surface area (TPSA) is 145 Å². The second kappa shape index (κ2) is 11.5. The maximum absolute atomic E-state index is 13.2. The number of nitro groups is 1. The molecular weight excluding hydrogens is 540 g/mol. The highest BCUT2D eigenvalue weighted by molar-refractivity contribution is 6.23. The molecule has 1 atom stereocenters. The van der Waals surface area contributed by atoms with Gasteiger partial charge in [0.1, 0.15) is 18.4 Å². The molecule has 0 radical (unpaired) electrons. The van der Waals surface area contributed by atoms with E-state index in [4.69, 9.17) is 0 Å². The van der Waals surface area contributed by atoms with E-state index in [9.17, 15) is 24.5 Å². The van der Waals surface area contributed by atoms with Gasteiger partial charge in [0.25, 0.3) is 11.8 Å². The molecule has 13 nitrogen and oxygen atoms in total. The van der Waals surface area contributed by atoms with E-state index in [0.29, 0.717) is 41.5 Å². The van der Waals surface area contributed by atoms with Crippen LogP contribution in [0.3, 0.4) is 0 Å². The quantitative estimate of drug-likeness (QED) is 0.297. The highest BCUT2D eigenvalue weighted by atomic mass is 16.6. The smallest absolute Gasteiger partial charge is 0.305 e. The predicted octanol–water partition coefficient (Wildman–Crippen LogP) is 2.20. The van der Waals surface area contributed by atoms with E-state index in [1.807, 2.05) is 6.07 Å². The molecule has 5 heterocycles. The number of carbonyl (C=O) groups is 3. The molecule has 0 aliphatic carbocycles. The maximum atomic E-state index is 13.2. The van der Waals surface area contributed by atoms with E-state index >= 15 is 0 Å². The molecule has 3 fully saturated rings. The second-order valence-corrected chi connectivity index (χ2v) is 11.4. The zero-order valence-electron chi connectivity index (χ0n) is 23.4. The number of piperazine rings is 1. The molecule has 1 N–H and O–H groups in total. The molecule has 1 aromatic heterocycles. The Morgan fingerprint density at radius 1 is 0.929 bits per heavy atom. The predicted molar refractivity (Wildman–Crippen MR) is 154 cm³/mol. The Morgan fingerprint density at radius 2 is 1.62 bits per heavy atom. The third-order valence-corrected chi connectivity index (χ3v) is 8.86. The van der Waals surface area contributed by atoms with Crippen molar-refractivity contribution in [2.75, 3.05) is 55.6 Å². The van der Waals surface area contributed by atoms with Gasteiger partial charge in [-0.25, -0.2) is 9.97 Å². The largest absolute Gasteiger partial charge is 0.369 e. The molecule has 13 heteroatoms. The Bertz CT molecular complexity index is 1410. The fraction of sp³-hybridized carbons (Fsp3) is 0.483. The lowest BCUT2D eigenvalue weighted by molar-refractivity contribution is -0.385. The van der Waals surface area contributed by atoms with Crippen LogP contribution in [-0.2, 0) is 4.79 Å². The van der Waals surface area contributed by atoms with Gasteiger partial charge in [-0.15, -0.1) is 0 Å². The number of carbonyl (C=O) groups excluding carboxylic acids is 3. The molecular formula is C29H34N8O5. The monoisotopic (exact) mass is 574 g/mol. The van der Waals surface area contributed by atoms with Gasteiger partial charge in [0, 0.05) is 50.7 Å². The molecule has 1 aromatic carbocycles. The standard InChI is InChI=1S/C29H34N8O5/c1-19-2-5-25(26(38)32-19)36-27(39)23-4-3-21(16-24(23)28(36)40)34-14-12-33(13-15-34)9-6-20-7-10-35(11-8-20)29-30-17-22(18-31-29)37(41)42/h3-4,16-18,20,25H,1-2,5-15H2,(H,32,38). The highest BCUT2D eigenvalue weighted by Gasteiger charge is 2.44. The number of hydrogen-bond donors (Lipinski definition) is 1. The number of amides is 3. The molecule has 1 unspecified atom stereocenters. The van der Waals surface area contributed by atoms with Crippen LogP contribution in [0, 0.1) is 16.0 Å². The van der Waals surface area contributed by atoms with Gasteiger partial charge in [0.15, 0.2) is 0 Å². The van der Waals surface area contributed by atoms with Crippen molar-refractivity contribution in [3.05, 3.63) is 64.1 Å². The summed E-state index contributed by atoms with van der Waals surface area (Å²) in [6.07, 6.45) is 6.64. The van der Waals surface area contributed by atoms with Gasteiger partial charge in [-0.05, 0) is 62.8 Å². The Morgan fingerprint density at radius 3 is 2.29 bits per heavy atom. The van der Waals surface area contributed by atoms with Crippen molar-refractivity contribution in [1.29, 1.82) is 0 Å². The first kappa shape index (κ1) is 27.8. The number of hydrogen-bond acceptors (Lipinski definition) is 10. The fourth-order valence-electron chi connectivity index (χ4n) is 6.32. The number of anilines is 2. The van der Waals surface area contributed by atoms with E-state index < -0.39 is 22.8 Å². The fourth-order valence-corrected chi connectivity index (χ4v) is 6.32. The minimum absolute atomic E-state index is 0.0996. The molecule has 4 aliphatic heterocycles. The number of nitrogens with zero attached hydrogens (tertiary/aromatic N) is 7. The van der Waals surface area contributed by atoms with Crippen LogP contribution < -0.4 is 15.1 Å².